The van der Waals surface area contributed by atoms with Crippen molar-refractivity contribution < 1.29 is 14.3 Å². The van der Waals surface area contributed by atoms with Gasteiger partial charge in [-0.25, -0.2) is 0 Å². The fraction of sp³-hybridized carbons (Fsp3) is 0.462. The third-order valence-electron chi connectivity index (χ3n) is 6.88. The van der Waals surface area contributed by atoms with Gasteiger partial charge < -0.3 is 14.5 Å². The molecule has 182 valence electrons. The van der Waals surface area contributed by atoms with Crippen LogP contribution in [-0.4, -0.2) is 54.4 Å². The van der Waals surface area contributed by atoms with Crippen LogP contribution in [0.4, 0.5) is 0 Å². The minimum Gasteiger partial charge on any atom is -0.493 e. The Morgan fingerprint density at radius 2 is 1.44 bits per heavy atom. The van der Waals surface area contributed by atoms with Gasteiger partial charge in [0.05, 0.1) is 22.2 Å². The Bertz CT molecular complexity index is 994. The second kappa shape index (κ2) is 11.2. The Balaban J connectivity index is 1.47. The van der Waals surface area contributed by atoms with Crippen molar-refractivity contribution in [2.75, 3.05) is 32.8 Å². The number of benzene rings is 2. The average molecular weight is 524 g/mol. The molecule has 0 N–H and O–H groups in total. The summed E-state index contributed by atoms with van der Waals surface area (Å²) in [7, 11) is 0. The molecule has 8 heteroatoms. The predicted molar refractivity (Wildman–Crippen MR) is 136 cm³/mol. The first-order valence-corrected chi connectivity index (χ1v) is 12.9. The molecule has 2 amide bonds. The van der Waals surface area contributed by atoms with E-state index in [9.17, 15) is 9.59 Å². The molecule has 2 heterocycles. The van der Waals surface area contributed by atoms with Crippen LogP contribution in [-0.2, 0) is 4.79 Å². The van der Waals surface area contributed by atoms with E-state index < -0.39 is 0 Å². The van der Waals surface area contributed by atoms with Gasteiger partial charge in [0.15, 0.2) is 0 Å². The summed E-state index contributed by atoms with van der Waals surface area (Å²) in [6.45, 7) is 3.07. The van der Waals surface area contributed by atoms with Crippen molar-refractivity contribution in [2.24, 2.45) is 5.41 Å². The van der Waals surface area contributed by atoms with Gasteiger partial charge in [-0.05, 0) is 68.5 Å². The molecule has 0 aliphatic carbocycles. The molecule has 0 bridgehead atoms. The Hall–Kier alpha value is -1.95. The van der Waals surface area contributed by atoms with E-state index in [0.717, 1.165) is 31.7 Å². The summed E-state index contributed by atoms with van der Waals surface area (Å²) >= 11 is 18.5. The van der Waals surface area contributed by atoms with Gasteiger partial charge in [0.1, 0.15) is 5.75 Å². The van der Waals surface area contributed by atoms with Crippen molar-refractivity contribution in [3.05, 3.63) is 63.1 Å². The maximum atomic E-state index is 13.2. The van der Waals surface area contributed by atoms with Crippen molar-refractivity contribution in [2.45, 2.75) is 38.5 Å². The second-order valence-corrected chi connectivity index (χ2v) is 10.5. The molecule has 0 unspecified atom stereocenters. The van der Waals surface area contributed by atoms with Crippen molar-refractivity contribution >= 4 is 46.6 Å². The molecule has 0 aromatic heterocycles. The summed E-state index contributed by atoms with van der Waals surface area (Å²) in [6.07, 6.45) is 5.02. The van der Waals surface area contributed by atoms with Gasteiger partial charge in [0, 0.05) is 43.0 Å². The van der Waals surface area contributed by atoms with E-state index in [1.54, 1.807) is 35.2 Å². The third kappa shape index (κ3) is 5.99. The second-order valence-electron chi connectivity index (χ2n) is 9.25. The lowest BCUT2D eigenvalue weighted by Gasteiger charge is -2.42. The van der Waals surface area contributed by atoms with Crippen LogP contribution in [0.2, 0.25) is 15.1 Å². The van der Waals surface area contributed by atoms with Gasteiger partial charge >= 0.3 is 0 Å². The number of amides is 2. The van der Waals surface area contributed by atoms with Crippen molar-refractivity contribution in [1.82, 2.24) is 9.80 Å². The van der Waals surface area contributed by atoms with Crippen molar-refractivity contribution in [1.29, 1.82) is 0 Å². The molecule has 0 saturated carbocycles. The molecule has 0 atom stereocenters. The van der Waals surface area contributed by atoms with Gasteiger partial charge in [0.25, 0.3) is 5.91 Å². The summed E-state index contributed by atoms with van der Waals surface area (Å²) in [5.74, 6) is 0.717. The van der Waals surface area contributed by atoms with Crippen molar-refractivity contribution in [3.8, 4) is 5.75 Å². The number of hydrogen-bond acceptors (Lipinski definition) is 3. The molecular formula is C26H29Cl3N2O3. The van der Waals surface area contributed by atoms with Crippen LogP contribution in [0.25, 0.3) is 0 Å². The van der Waals surface area contributed by atoms with Gasteiger partial charge in [0.2, 0.25) is 5.91 Å². The summed E-state index contributed by atoms with van der Waals surface area (Å²) in [5.41, 5.74) is -0.0185. The van der Waals surface area contributed by atoms with Crippen LogP contribution in [0, 0.1) is 5.41 Å². The molecule has 2 aliphatic heterocycles. The summed E-state index contributed by atoms with van der Waals surface area (Å²) < 4.78 is 6.14. The molecule has 34 heavy (non-hydrogen) atoms. The quantitative estimate of drug-likeness (QED) is 0.443. The number of piperidine rings is 2. The number of nitrogens with zero attached hydrogens (tertiary/aromatic N) is 2. The Kier molecular flexibility index (Phi) is 8.28. The number of ether oxygens (including phenoxy) is 1. The molecule has 2 fully saturated rings. The van der Waals surface area contributed by atoms with E-state index in [-0.39, 0.29) is 17.2 Å². The largest absolute Gasteiger partial charge is 0.493 e. The third-order valence-corrected chi connectivity index (χ3v) is 7.76. The number of carbonyl (C=O) groups is 2. The van der Waals surface area contributed by atoms with Crippen LogP contribution in [0.5, 0.6) is 5.75 Å². The first kappa shape index (κ1) is 25.2. The zero-order valence-electron chi connectivity index (χ0n) is 19.1. The molecule has 2 aromatic rings. The zero-order valence-corrected chi connectivity index (χ0v) is 21.3. The first-order valence-electron chi connectivity index (χ1n) is 11.8. The molecule has 0 spiro atoms. The number of rotatable bonds is 6. The minimum atomic E-state index is -0.352. The van der Waals surface area contributed by atoms with Gasteiger partial charge in [-0.15, -0.1) is 0 Å². The van der Waals surface area contributed by atoms with E-state index in [2.05, 4.69) is 0 Å². The molecule has 2 aliphatic rings. The zero-order chi connectivity index (χ0) is 24.1. The van der Waals surface area contributed by atoms with E-state index in [0.29, 0.717) is 59.6 Å². The number of halogens is 3. The van der Waals surface area contributed by atoms with E-state index in [1.165, 1.54) is 6.42 Å². The monoisotopic (exact) mass is 522 g/mol. The van der Waals surface area contributed by atoms with Crippen LogP contribution in [0.15, 0.2) is 42.5 Å². The Labute approximate surface area is 215 Å². The standard InChI is InChI=1S/C26H29Cl3N2O3/c27-19-7-9-20(10-8-19)34-18-26(17-23(32)30-13-2-1-3-14-30)11-15-31(16-12-26)25(33)24-21(28)5-4-6-22(24)29/h4-10H,1-3,11-18H2. The molecular weight excluding hydrogens is 495 g/mol. The topological polar surface area (TPSA) is 49.9 Å². The lowest BCUT2D eigenvalue weighted by atomic mass is 9.75. The summed E-state index contributed by atoms with van der Waals surface area (Å²) in [5, 5.41) is 1.34. The summed E-state index contributed by atoms with van der Waals surface area (Å²) in [6, 6.07) is 12.3. The smallest absolute Gasteiger partial charge is 0.256 e. The lowest BCUT2D eigenvalue weighted by Crippen LogP contribution is -2.48. The van der Waals surface area contributed by atoms with Gasteiger partial charge in [-0.2, -0.15) is 0 Å². The van der Waals surface area contributed by atoms with Crippen LogP contribution < -0.4 is 4.74 Å². The van der Waals surface area contributed by atoms with E-state index in [4.69, 9.17) is 39.5 Å². The highest BCUT2D eigenvalue weighted by molar-refractivity contribution is 6.39. The molecule has 0 radical (unpaired) electrons. The van der Waals surface area contributed by atoms with Gasteiger partial charge in [-0.1, -0.05) is 40.9 Å². The number of likely N-dealkylation sites (tertiary alicyclic amines) is 2. The molecule has 2 aromatic carbocycles. The number of hydrogen-bond donors (Lipinski definition) is 0. The Morgan fingerprint density at radius 1 is 0.824 bits per heavy atom. The highest BCUT2D eigenvalue weighted by Crippen LogP contribution is 2.38. The van der Waals surface area contributed by atoms with Crippen LogP contribution in [0.3, 0.4) is 0 Å². The minimum absolute atomic E-state index is 0.174. The normalized spacial score (nSPS) is 18.0. The van der Waals surface area contributed by atoms with E-state index >= 15 is 0 Å². The summed E-state index contributed by atoms with van der Waals surface area (Å²) in [4.78, 5) is 30.1. The highest BCUT2D eigenvalue weighted by atomic mass is 35.5. The molecule has 4 rings (SSSR count). The maximum absolute atomic E-state index is 13.2. The SMILES string of the molecule is O=C(CC1(COc2ccc(Cl)cc2)CCN(C(=O)c2c(Cl)cccc2Cl)CC1)N1CCCCC1. The van der Waals surface area contributed by atoms with Gasteiger partial charge in [-0.3, -0.25) is 9.59 Å². The highest BCUT2D eigenvalue weighted by Gasteiger charge is 2.40. The van der Waals surface area contributed by atoms with E-state index in [1.807, 2.05) is 17.0 Å². The fourth-order valence-electron chi connectivity index (χ4n) is 4.76. The van der Waals surface area contributed by atoms with Crippen LogP contribution in [0.1, 0.15) is 48.9 Å². The first-order chi connectivity index (χ1) is 16.4. The average Bonchev–Trinajstić information content (AvgIpc) is 2.84. The Morgan fingerprint density at radius 3 is 2.06 bits per heavy atom. The van der Waals surface area contributed by atoms with Crippen LogP contribution >= 0.6 is 34.8 Å². The lowest BCUT2D eigenvalue weighted by molar-refractivity contribution is -0.136. The molecule has 5 nitrogen and oxygen atoms in total. The maximum Gasteiger partial charge on any atom is 0.256 e. The fourth-order valence-corrected chi connectivity index (χ4v) is 5.44. The number of carbonyl (C=O) groups excluding carboxylic acids is 2. The molecule has 2 saturated heterocycles. The van der Waals surface area contributed by atoms with Crippen molar-refractivity contribution in [3.63, 3.8) is 0 Å². The predicted octanol–water partition coefficient (Wildman–Crippen LogP) is 6.35.